The fourth-order valence-electron chi connectivity index (χ4n) is 2.97. The van der Waals surface area contributed by atoms with E-state index >= 15 is 0 Å². The van der Waals surface area contributed by atoms with Crippen LogP contribution in [0.1, 0.15) is 24.7 Å². The molecule has 1 atom stereocenters. The molecule has 0 bridgehead atoms. The van der Waals surface area contributed by atoms with Crippen LogP contribution < -0.4 is 10.6 Å². The summed E-state index contributed by atoms with van der Waals surface area (Å²) in [7, 11) is 0. The van der Waals surface area contributed by atoms with Gasteiger partial charge in [0.05, 0.1) is 23.0 Å². The number of aryl methyl sites for hydroxylation is 2. The molecule has 7 nitrogen and oxygen atoms in total. The van der Waals surface area contributed by atoms with Crippen LogP contribution in [0.2, 0.25) is 5.02 Å². The lowest BCUT2D eigenvalue weighted by Crippen LogP contribution is -2.48. The number of hydrogen-bond acceptors (Lipinski definition) is 4. The standard InChI is InChI=1S/C13H18ClN5O2/c1-3-19-9(10(14)8(2)17-19)6-18-11(20)13(16-12(18)21)4-5-15-7-13/h15H,3-7H2,1-2H3,(H,16,21). The van der Waals surface area contributed by atoms with Crippen LogP contribution in [0.15, 0.2) is 0 Å². The van der Waals surface area contributed by atoms with Gasteiger partial charge in [-0.15, -0.1) is 0 Å². The van der Waals surface area contributed by atoms with Gasteiger partial charge in [-0.05, 0) is 26.8 Å². The van der Waals surface area contributed by atoms with Gasteiger partial charge in [0, 0.05) is 13.1 Å². The predicted molar refractivity (Wildman–Crippen MR) is 76.9 cm³/mol. The molecule has 1 aromatic heterocycles. The van der Waals surface area contributed by atoms with Crippen molar-refractivity contribution < 1.29 is 9.59 Å². The molecule has 3 heterocycles. The van der Waals surface area contributed by atoms with Gasteiger partial charge in [0.25, 0.3) is 5.91 Å². The van der Waals surface area contributed by atoms with Crippen LogP contribution in [-0.4, -0.2) is 45.2 Å². The molecule has 0 saturated carbocycles. The summed E-state index contributed by atoms with van der Waals surface area (Å²) in [4.78, 5) is 26.0. The van der Waals surface area contributed by atoms with Crippen molar-refractivity contribution in [2.75, 3.05) is 13.1 Å². The van der Waals surface area contributed by atoms with Crippen molar-refractivity contribution in [2.24, 2.45) is 0 Å². The number of carbonyl (C=O) groups excluding carboxylic acids is 2. The van der Waals surface area contributed by atoms with Gasteiger partial charge in [0.1, 0.15) is 5.54 Å². The molecule has 114 valence electrons. The highest BCUT2D eigenvalue weighted by Gasteiger charge is 2.52. The smallest absolute Gasteiger partial charge is 0.322 e. The van der Waals surface area contributed by atoms with Crippen LogP contribution in [0.25, 0.3) is 0 Å². The molecule has 2 saturated heterocycles. The van der Waals surface area contributed by atoms with Crippen molar-refractivity contribution in [3.8, 4) is 0 Å². The average Bonchev–Trinajstić information content (AvgIpc) is 3.09. The summed E-state index contributed by atoms with van der Waals surface area (Å²) >= 11 is 6.25. The first-order valence-corrected chi connectivity index (χ1v) is 7.43. The normalized spacial score (nSPS) is 25.2. The molecule has 2 aliphatic rings. The van der Waals surface area contributed by atoms with Crippen LogP contribution in [0, 0.1) is 6.92 Å². The Labute approximate surface area is 127 Å². The minimum absolute atomic E-state index is 0.153. The largest absolute Gasteiger partial charge is 0.325 e. The van der Waals surface area contributed by atoms with Crippen molar-refractivity contribution in [1.82, 2.24) is 25.3 Å². The van der Waals surface area contributed by atoms with Crippen molar-refractivity contribution in [1.29, 1.82) is 0 Å². The molecule has 1 spiro atoms. The second-order valence-electron chi connectivity index (χ2n) is 5.49. The van der Waals surface area contributed by atoms with Crippen molar-refractivity contribution in [3.63, 3.8) is 0 Å². The Bertz CT molecular complexity index is 606. The Morgan fingerprint density at radius 3 is 2.81 bits per heavy atom. The molecular formula is C13H18ClN5O2. The Kier molecular flexibility index (Phi) is 3.41. The summed E-state index contributed by atoms with van der Waals surface area (Å²) in [6.07, 6.45) is 0.619. The second-order valence-corrected chi connectivity index (χ2v) is 5.87. The van der Waals surface area contributed by atoms with Gasteiger partial charge in [0.15, 0.2) is 0 Å². The molecule has 1 unspecified atom stereocenters. The van der Waals surface area contributed by atoms with Gasteiger partial charge in [-0.3, -0.25) is 14.4 Å². The summed E-state index contributed by atoms with van der Waals surface area (Å²) in [5.41, 5.74) is 0.622. The van der Waals surface area contributed by atoms with Gasteiger partial charge in [-0.1, -0.05) is 11.6 Å². The van der Waals surface area contributed by atoms with E-state index < -0.39 is 5.54 Å². The minimum atomic E-state index is -0.782. The van der Waals surface area contributed by atoms with Crippen molar-refractivity contribution >= 4 is 23.5 Å². The highest BCUT2D eigenvalue weighted by molar-refractivity contribution is 6.31. The van der Waals surface area contributed by atoms with E-state index in [9.17, 15) is 9.59 Å². The summed E-state index contributed by atoms with van der Waals surface area (Å²) in [6, 6.07) is -0.360. The van der Waals surface area contributed by atoms with Crippen LogP contribution >= 0.6 is 11.6 Å². The van der Waals surface area contributed by atoms with E-state index in [4.69, 9.17) is 11.6 Å². The number of hydrogen-bond donors (Lipinski definition) is 2. The minimum Gasteiger partial charge on any atom is -0.322 e. The fraction of sp³-hybridized carbons (Fsp3) is 0.615. The van der Waals surface area contributed by atoms with Gasteiger partial charge < -0.3 is 10.6 Å². The number of nitrogens with one attached hydrogen (secondary N) is 2. The van der Waals surface area contributed by atoms with Gasteiger partial charge in [-0.2, -0.15) is 5.10 Å². The van der Waals surface area contributed by atoms with Crippen molar-refractivity contribution in [3.05, 3.63) is 16.4 Å². The molecule has 3 rings (SSSR count). The van der Waals surface area contributed by atoms with Crippen LogP contribution in [0.5, 0.6) is 0 Å². The SMILES string of the molecule is CCn1nc(C)c(Cl)c1CN1C(=O)NC2(CCNC2)C1=O. The van der Waals surface area contributed by atoms with Gasteiger partial charge in [0.2, 0.25) is 0 Å². The molecule has 2 N–H and O–H groups in total. The van der Waals surface area contributed by atoms with E-state index in [0.717, 1.165) is 6.54 Å². The number of halogens is 1. The van der Waals surface area contributed by atoms with E-state index in [-0.39, 0.29) is 18.5 Å². The maximum Gasteiger partial charge on any atom is 0.325 e. The lowest BCUT2D eigenvalue weighted by atomic mass is 9.99. The van der Waals surface area contributed by atoms with Crippen molar-refractivity contribution in [2.45, 2.75) is 38.9 Å². The lowest BCUT2D eigenvalue weighted by molar-refractivity contribution is -0.131. The van der Waals surface area contributed by atoms with Crippen LogP contribution in [-0.2, 0) is 17.9 Å². The molecule has 21 heavy (non-hydrogen) atoms. The maximum atomic E-state index is 12.6. The molecule has 3 amide bonds. The maximum absolute atomic E-state index is 12.6. The van der Waals surface area contributed by atoms with Gasteiger partial charge in [-0.25, -0.2) is 4.79 Å². The Hall–Kier alpha value is -1.60. The zero-order valence-electron chi connectivity index (χ0n) is 12.1. The Morgan fingerprint density at radius 1 is 1.43 bits per heavy atom. The summed E-state index contributed by atoms with van der Waals surface area (Å²) in [6.45, 7) is 5.76. The summed E-state index contributed by atoms with van der Waals surface area (Å²) in [5, 5.41) is 10.8. The second kappa shape index (κ2) is 4.99. The zero-order chi connectivity index (χ0) is 15.2. The zero-order valence-corrected chi connectivity index (χ0v) is 12.8. The number of amides is 3. The first-order chi connectivity index (χ1) is 9.98. The Balaban J connectivity index is 1.88. The average molecular weight is 312 g/mol. The molecule has 2 fully saturated rings. The highest BCUT2D eigenvalue weighted by Crippen LogP contribution is 2.28. The summed E-state index contributed by atoms with van der Waals surface area (Å²) in [5.74, 6) is -0.185. The third-order valence-electron chi connectivity index (χ3n) is 4.16. The topological polar surface area (TPSA) is 79.3 Å². The van der Waals surface area contributed by atoms with E-state index in [1.54, 1.807) is 4.68 Å². The third-order valence-corrected chi connectivity index (χ3v) is 4.65. The molecule has 0 radical (unpaired) electrons. The number of carbonyl (C=O) groups is 2. The summed E-state index contributed by atoms with van der Waals surface area (Å²) < 4.78 is 1.73. The number of nitrogens with zero attached hydrogens (tertiary/aromatic N) is 3. The van der Waals surface area contributed by atoms with E-state index in [1.807, 2.05) is 13.8 Å². The molecule has 2 aliphatic heterocycles. The monoisotopic (exact) mass is 311 g/mol. The first-order valence-electron chi connectivity index (χ1n) is 7.05. The molecular weight excluding hydrogens is 294 g/mol. The van der Waals surface area contributed by atoms with E-state index in [2.05, 4.69) is 15.7 Å². The third kappa shape index (κ3) is 2.11. The number of urea groups is 1. The molecule has 1 aromatic rings. The van der Waals surface area contributed by atoms with E-state index in [0.29, 0.717) is 35.9 Å². The first kappa shape index (κ1) is 14.3. The number of aromatic nitrogens is 2. The fourth-order valence-corrected chi connectivity index (χ4v) is 3.17. The Morgan fingerprint density at radius 2 is 2.19 bits per heavy atom. The van der Waals surface area contributed by atoms with Crippen LogP contribution in [0.4, 0.5) is 4.79 Å². The van der Waals surface area contributed by atoms with Gasteiger partial charge >= 0.3 is 6.03 Å². The van der Waals surface area contributed by atoms with E-state index in [1.165, 1.54) is 4.90 Å². The quantitative estimate of drug-likeness (QED) is 0.803. The lowest BCUT2D eigenvalue weighted by Gasteiger charge is -2.19. The molecule has 0 aromatic carbocycles. The highest BCUT2D eigenvalue weighted by atomic mass is 35.5. The number of imide groups is 1. The molecule has 0 aliphatic carbocycles. The predicted octanol–water partition coefficient (Wildman–Crippen LogP) is 0.649. The number of rotatable bonds is 3. The molecule has 8 heteroatoms. The van der Waals surface area contributed by atoms with Crippen LogP contribution in [0.3, 0.4) is 0 Å².